The fourth-order valence-electron chi connectivity index (χ4n) is 3.00. The molecule has 0 aromatic heterocycles. The van der Waals surface area contributed by atoms with Crippen LogP contribution in [-0.2, 0) is 4.79 Å². The largest absolute Gasteiger partial charge is 0.493 e. The lowest BCUT2D eigenvalue weighted by Crippen LogP contribution is -3.12. The first-order valence-corrected chi connectivity index (χ1v) is 8.63. The number of hydrazone groups is 1. The van der Waals surface area contributed by atoms with E-state index < -0.39 is 0 Å². The molecule has 2 rings (SSSR count). The Kier molecular flexibility index (Phi) is 7.53. The summed E-state index contributed by atoms with van der Waals surface area (Å²) in [5, 5.41) is 4.03. The third-order valence-corrected chi connectivity index (χ3v) is 4.36. The first-order chi connectivity index (χ1) is 12.2. The molecule has 0 atom stereocenters. The van der Waals surface area contributed by atoms with Crippen molar-refractivity contribution in [3.63, 3.8) is 0 Å². The SMILES string of the molecule is COc1cc(/C=N\NC(=O)CC[NH+]2CCCCC2)cc(OC)c1OC. The maximum absolute atomic E-state index is 11.9. The van der Waals surface area contributed by atoms with Crippen LogP contribution in [0.15, 0.2) is 17.2 Å². The van der Waals surface area contributed by atoms with Crippen LogP contribution in [0.3, 0.4) is 0 Å². The first kappa shape index (κ1) is 19.1. The summed E-state index contributed by atoms with van der Waals surface area (Å²) in [7, 11) is 4.67. The van der Waals surface area contributed by atoms with Crippen LogP contribution in [0, 0.1) is 0 Å². The van der Waals surface area contributed by atoms with Crippen LogP contribution in [0.4, 0.5) is 0 Å². The Bertz CT molecular complexity index is 573. The van der Waals surface area contributed by atoms with Crippen LogP contribution < -0.4 is 24.5 Å². The minimum atomic E-state index is -0.0678. The quantitative estimate of drug-likeness (QED) is 0.533. The lowest BCUT2D eigenvalue weighted by molar-refractivity contribution is -0.904. The van der Waals surface area contributed by atoms with Gasteiger partial charge in [0.25, 0.3) is 0 Å². The molecule has 1 fully saturated rings. The van der Waals surface area contributed by atoms with Gasteiger partial charge in [-0.15, -0.1) is 0 Å². The van der Waals surface area contributed by atoms with E-state index in [1.165, 1.54) is 37.3 Å². The third-order valence-electron chi connectivity index (χ3n) is 4.36. The summed E-state index contributed by atoms with van der Waals surface area (Å²) >= 11 is 0. The van der Waals surface area contributed by atoms with Crippen LogP contribution in [0.5, 0.6) is 17.2 Å². The molecule has 0 saturated carbocycles. The van der Waals surface area contributed by atoms with E-state index in [1.54, 1.807) is 39.7 Å². The number of amides is 1. The second kappa shape index (κ2) is 9.88. The highest BCUT2D eigenvalue weighted by molar-refractivity contribution is 5.84. The Morgan fingerprint density at radius 2 is 1.76 bits per heavy atom. The Hall–Kier alpha value is -2.28. The number of methoxy groups -OCH3 is 3. The summed E-state index contributed by atoms with van der Waals surface area (Å²) in [6, 6.07) is 3.55. The molecule has 0 unspecified atom stereocenters. The monoisotopic (exact) mass is 350 g/mol. The number of hydrogen-bond donors (Lipinski definition) is 2. The van der Waals surface area contributed by atoms with Gasteiger partial charge in [-0.2, -0.15) is 5.10 Å². The highest BCUT2D eigenvalue weighted by Gasteiger charge is 2.15. The molecule has 0 bridgehead atoms. The van der Waals surface area contributed by atoms with Gasteiger partial charge in [0, 0.05) is 5.56 Å². The number of rotatable bonds is 8. The van der Waals surface area contributed by atoms with Gasteiger partial charge < -0.3 is 19.1 Å². The molecule has 0 aliphatic carbocycles. The number of piperidine rings is 1. The van der Waals surface area contributed by atoms with E-state index >= 15 is 0 Å². The molecule has 1 aliphatic heterocycles. The number of likely N-dealkylation sites (tertiary alicyclic amines) is 1. The lowest BCUT2D eigenvalue weighted by atomic mass is 10.1. The van der Waals surface area contributed by atoms with E-state index in [0.29, 0.717) is 23.7 Å². The van der Waals surface area contributed by atoms with E-state index in [1.807, 2.05) is 0 Å². The second-order valence-electron chi connectivity index (χ2n) is 6.06. The van der Waals surface area contributed by atoms with Crippen LogP contribution in [0.1, 0.15) is 31.2 Å². The lowest BCUT2D eigenvalue weighted by Gasteiger charge is -2.22. The summed E-state index contributed by atoms with van der Waals surface area (Å²) in [5.41, 5.74) is 3.33. The van der Waals surface area contributed by atoms with E-state index in [2.05, 4.69) is 10.5 Å². The van der Waals surface area contributed by atoms with Crippen molar-refractivity contribution in [2.75, 3.05) is 41.0 Å². The molecule has 1 aromatic rings. The van der Waals surface area contributed by atoms with Crippen LogP contribution in [0.2, 0.25) is 0 Å². The predicted molar refractivity (Wildman–Crippen MR) is 95.9 cm³/mol. The normalized spacial score (nSPS) is 15.2. The number of ether oxygens (including phenoxy) is 3. The molecule has 1 saturated heterocycles. The minimum absolute atomic E-state index is 0.0678. The molecule has 0 spiro atoms. The van der Waals surface area contributed by atoms with Gasteiger partial charge in [-0.1, -0.05) is 0 Å². The van der Waals surface area contributed by atoms with Crippen molar-refractivity contribution >= 4 is 12.1 Å². The van der Waals surface area contributed by atoms with E-state index in [0.717, 1.165) is 12.1 Å². The Balaban J connectivity index is 1.89. The van der Waals surface area contributed by atoms with Crippen molar-refractivity contribution in [2.24, 2.45) is 5.10 Å². The smallest absolute Gasteiger partial charge is 0.245 e. The number of hydrogen-bond acceptors (Lipinski definition) is 5. The molecule has 25 heavy (non-hydrogen) atoms. The predicted octanol–water partition coefficient (Wildman–Crippen LogP) is 0.621. The maximum Gasteiger partial charge on any atom is 0.245 e. The van der Waals surface area contributed by atoms with E-state index in [-0.39, 0.29) is 5.91 Å². The van der Waals surface area contributed by atoms with Gasteiger partial charge in [0.1, 0.15) is 0 Å². The maximum atomic E-state index is 11.9. The van der Waals surface area contributed by atoms with Crippen LogP contribution in [-0.4, -0.2) is 53.1 Å². The third kappa shape index (κ3) is 5.63. The molecule has 2 N–H and O–H groups in total. The van der Waals surface area contributed by atoms with Gasteiger partial charge in [0.05, 0.1) is 53.6 Å². The van der Waals surface area contributed by atoms with Gasteiger partial charge in [-0.3, -0.25) is 4.79 Å². The topological polar surface area (TPSA) is 73.6 Å². The fraction of sp³-hybridized carbons (Fsp3) is 0.556. The van der Waals surface area contributed by atoms with Gasteiger partial charge in [-0.25, -0.2) is 5.43 Å². The van der Waals surface area contributed by atoms with Crippen molar-refractivity contribution in [1.29, 1.82) is 0 Å². The van der Waals surface area contributed by atoms with Crippen molar-refractivity contribution in [2.45, 2.75) is 25.7 Å². The molecule has 7 heteroatoms. The number of carbonyl (C=O) groups is 1. The zero-order valence-electron chi connectivity index (χ0n) is 15.3. The van der Waals surface area contributed by atoms with Gasteiger partial charge in [-0.05, 0) is 31.4 Å². The molecule has 7 nitrogen and oxygen atoms in total. The van der Waals surface area contributed by atoms with Crippen molar-refractivity contribution < 1.29 is 23.9 Å². The molecular formula is C18H28N3O4+. The average molecular weight is 350 g/mol. The second-order valence-corrected chi connectivity index (χ2v) is 6.06. The molecular weight excluding hydrogens is 322 g/mol. The summed E-state index contributed by atoms with van der Waals surface area (Å²) in [6.45, 7) is 3.20. The van der Waals surface area contributed by atoms with Crippen molar-refractivity contribution in [3.05, 3.63) is 17.7 Å². The molecule has 1 heterocycles. The minimum Gasteiger partial charge on any atom is -0.493 e. The number of nitrogens with zero attached hydrogens (tertiary/aromatic N) is 1. The molecule has 1 amide bonds. The number of benzene rings is 1. The Morgan fingerprint density at radius 3 is 2.32 bits per heavy atom. The summed E-state index contributed by atoms with van der Waals surface area (Å²) in [6.07, 6.45) is 5.89. The molecule has 1 aliphatic rings. The first-order valence-electron chi connectivity index (χ1n) is 8.63. The van der Waals surface area contributed by atoms with Gasteiger partial charge >= 0.3 is 0 Å². The van der Waals surface area contributed by atoms with Crippen molar-refractivity contribution in [3.8, 4) is 17.2 Å². The van der Waals surface area contributed by atoms with Crippen molar-refractivity contribution in [1.82, 2.24) is 5.43 Å². The van der Waals surface area contributed by atoms with Crippen LogP contribution in [0.25, 0.3) is 0 Å². The molecule has 0 radical (unpaired) electrons. The zero-order chi connectivity index (χ0) is 18.1. The Labute approximate surface area is 148 Å². The zero-order valence-corrected chi connectivity index (χ0v) is 15.3. The molecule has 1 aromatic carbocycles. The highest BCUT2D eigenvalue weighted by Crippen LogP contribution is 2.37. The van der Waals surface area contributed by atoms with Gasteiger partial charge in [0.2, 0.25) is 11.7 Å². The van der Waals surface area contributed by atoms with Crippen LogP contribution >= 0.6 is 0 Å². The standard InChI is InChI=1S/C18H27N3O4/c1-23-15-11-14(12-16(24-2)18(15)25-3)13-19-20-17(22)7-10-21-8-5-4-6-9-21/h11-13H,4-10H2,1-3H3,(H,20,22)/p+1/b19-13-. The number of quaternary nitrogens is 1. The fourth-order valence-corrected chi connectivity index (χ4v) is 3.00. The highest BCUT2D eigenvalue weighted by atomic mass is 16.5. The molecule has 138 valence electrons. The number of carbonyl (C=O) groups excluding carboxylic acids is 1. The van der Waals surface area contributed by atoms with E-state index in [4.69, 9.17) is 14.2 Å². The summed E-state index contributed by atoms with van der Waals surface area (Å²) < 4.78 is 15.9. The Morgan fingerprint density at radius 1 is 1.12 bits per heavy atom. The average Bonchev–Trinajstić information content (AvgIpc) is 2.66. The summed E-state index contributed by atoms with van der Waals surface area (Å²) in [5.74, 6) is 1.55. The number of nitrogens with one attached hydrogen (secondary N) is 2. The van der Waals surface area contributed by atoms with Gasteiger partial charge in [0.15, 0.2) is 11.5 Å². The van der Waals surface area contributed by atoms with E-state index in [9.17, 15) is 4.79 Å². The summed E-state index contributed by atoms with van der Waals surface area (Å²) in [4.78, 5) is 13.4.